The van der Waals surface area contributed by atoms with E-state index in [0.29, 0.717) is 12.6 Å². The molecule has 6 nitrogen and oxygen atoms in total. The molecule has 2 atom stereocenters. The quantitative estimate of drug-likeness (QED) is 0.734. The molecule has 0 aromatic rings. The van der Waals surface area contributed by atoms with E-state index >= 15 is 0 Å². The summed E-state index contributed by atoms with van der Waals surface area (Å²) in [5.74, 6) is 0.150. The highest BCUT2D eigenvalue weighted by Gasteiger charge is 2.34. The summed E-state index contributed by atoms with van der Waals surface area (Å²) >= 11 is 0. The molecule has 3 heterocycles. The molecule has 0 aromatic heterocycles. The predicted molar refractivity (Wildman–Crippen MR) is 103 cm³/mol. The molecule has 3 saturated heterocycles. The van der Waals surface area contributed by atoms with Gasteiger partial charge in [-0.05, 0) is 51.6 Å². The minimum absolute atomic E-state index is 0. The lowest BCUT2D eigenvalue weighted by Crippen LogP contribution is -2.45. The molecule has 148 valence electrons. The Kier molecular flexibility index (Phi) is 10.6. The minimum atomic E-state index is -0.267. The van der Waals surface area contributed by atoms with E-state index in [0.717, 1.165) is 51.9 Å². The summed E-state index contributed by atoms with van der Waals surface area (Å²) in [5, 5.41) is 0. The summed E-state index contributed by atoms with van der Waals surface area (Å²) in [6, 6.07) is 0. The van der Waals surface area contributed by atoms with Crippen molar-refractivity contribution in [1.29, 1.82) is 0 Å². The molecule has 3 fully saturated rings. The van der Waals surface area contributed by atoms with Crippen molar-refractivity contribution in [1.82, 2.24) is 9.80 Å². The van der Waals surface area contributed by atoms with Crippen molar-refractivity contribution in [3.8, 4) is 0 Å². The number of hydrogen-bond acceptors (Lipinski definition) is 5. The fourth-order valence-electron chi connectivity index (χ4n) is 3.86. The lowest BCUT2D eigenvalue weighted by atomic mass is 10.1. The average Bonchev–Trinajstić information content (AvgIpc) is 3.26. The van der Waals surface area contributed by atoms with Gasteiger partial charge in [-0.1, -0.05) is 0 Å². The first-order valence-electron chi connectivity index (χ1n) is 9.24. The van der Waals surface area contributed by atoms with Gasteiger partial charge in [0.25, 0.3) is 5.91 Å². The Hall–Kier alpha value is -0.110. The van der Waals surface area contributed by atoms with Gasteiger partial charge < -0.3 is 25.0 Å². The molecule has 0 unspecified atom stereocenters. The largest absolute Gasteiger partial charge is 0.377 e. The van der Waals surface area contributed by atoms with E-state index in [1.807, 2.05) is 4.90 Å². The Morgan fingerprint density at radius 1 is 1.04 bits per heavy atom. The number of nitrogens with two attached hydrogens (primary N) is 1. The molecule has 3 rings (SSSR count). The van der Waals surface area contributed by atoms with Crippen LogP contribution >= 0.6 is 24.8 Å². The smallest absolute Gasteiger partial charge is 0.251 e. The van der Waals surface area contributed by atoms with Gasteiger partial charge in [0.2, 0.25) is 0 Å². The Morgan fingerprint density at radius 2 is 1.72 bits per heavy atom. The van der Waals surface area contributed by atoms with Crippen molar-refractivity contribution in [3.63, 3.8) is 0 Å². The molecule has 0 radical (unpaired) electrons. The molecule has 0 spiro atoms. The third kappa shape index (κ3) is 6.52. The normalized spacial score (nSPS) is 27.8. The van der Waals surface area contributed by atoms with Crippen molar-refractivity contribution >= 4 is 30.7 Å². The molecule has 2 N–H and O–H groups in total. The zero-order valence-electron chi connectivity index (χ0n) is 14.9. The highest BCUT2D eigenvalue weighted by Crippen LogP contribution is 2.23. The van der Waals surface area contributed by atoms with Crippen LogP contribution in [0.15, 0.2) is 0 Å². The Labute approximate surface area is 163 Å². The van der Waals surface area contributed by atoms with Gasteiger partial charge in [-0.25, -0.2) is 0 Å². The van der Waals surface area contributed by atoms with Crippen molar-refractivity contribution in [2.75, 3.05) is 45.9 Å². The van der Waals surface area contributed by atoms with Gasteiger partial charge in [0.1, 0.15) is 6.10 Å². The van der Waals surface area contributed by atoms with Crippen LogP contribution in [-0.4, -0.2) is 79.9 Å². The second-order valence-corrected chi connectivity index (χ2v) is 7.00. The molecule has 0 aromatic carbocycles. The number of halogens is 2. The first-order valence-corrected chi connectivity index (χ1v) is 9.24. The lowest BCUT2D eigenvalue weighted by Gasteiger charge is -2.33. The molecular formula is C17H33Cl2N3O3. The Bertz CT molecular complexity index is 389. The maximum atomic E-state index is 12.5. The van der Waals surface area contributed by atoms with Gasteiger partial charge in [-0.2, -0.15) is 0 Å². The van der Waals surface area contributed by atoms with E-state index in [4.69, 9.17) is 15.2 Å². The van der Waals surface area contributed by atoms with Gasteiger partial charge in [0.15, 0.2) is 0 Å². The molecule has 25 heavy (non-hydrogen) atoms. The highest BCUT2D eigenvalue weighted by atomic mass is 35.5. The molecular weight excluding hydrogens is 365 g/mol. The van der Waals surface area contributed by atoms with Gasteiger partial charge in [0.05, 0.1) is 18.8 Å². The summed E-state index contributed by atoms with van der Waals surface area (Å²) in [6.07, 6.45) is 6.37. The first kappa shape index (κ1) is 22.9. The monoisotopic (exact) mass is 397 g/mol. The van der Waals surface area contributed by atoms with Gasteiger partial charge >= 0.3 is 0 Å². The standard InChI is InChI=1S/C17H31N3O3.2ClH/c18-13-15-3-4-16(23-15)17(21)20-9-5-14(6-10-20)22-12-11-19-7-1-2-8-19;;/h14-16H,1-13,18H2;2*1H/t15-,16+;;/m1../s1. The van der Waals surface area contributed by atoms with E-state index in [-0.39, 0.29) is 42.9 Å². The minimum Gasteiger partial charge on any atom is -0.377 e. The van der Waals surface area contributed by atoms with E-state index in [9.17, 15) is 4.79 Å². The third-order valence-corrected chi connectivity index (χ3v) is 5.36. The molecule has 3 aliphatic rings. The summed E-state index contributed by atoms with van der Waals surface area (Å²) in [7, 11) is 0. The molecule has 8 heteroatoms. The molecule has 0 bridgehead atoms. The topological polar surface area (TPSA) is 68.0 Å². The lowest BCUT2D eigenvalue weighted by molar-refractivity contribution is -0.145. The Morgan fingerprint density at radius 3 is 2.32 bits per heavy atom. The van der Waals surface area contributed by atoms with E-state index in [1.165, 1.54) is 25.9 Å². The van der Waals surface area contributed by atoms with Crippen LogP contribution in [0.4, 0.5) is 0 Å². The number of hydrogen-bond donors (Lipinski definition) is 1. The number of carbonyl (C=O) groups excluding carboxylic acids is 1. The van der Waals surface area contributed by atoms with Crippen LogP contribution in [-0.2, 0) is 14.3 Å². The second kappa shape index (κ2) is 11.6. The van der Waals surface area contributed by atoms with Gasteiger partial charge in [-0.15, -0.1) is 24.8 Å². The van der Waals surface area contributed by atoms with Crippen molar-refractivity contribution in [2.24, 2.45) is 5.73 Å². The van der Waals surface area contributed by atoms with Crippen LogP contribution in [0.2, 0.25) is 0 Å². The molecule has 1 amide bonds. The summed E-state index contributed by atoms with van der Waals surface area (Å²) in [4.78, 5) is 16.9. The van der Waals surface area contributed by atoms with Crippen LogP contribution in [0.25, 0.3) is 0 Å². The Balaban J connectivity index is 0.00000156. The summed E-state index contributed by atoms with van der Waals surface area (Å²) < 4.78 is 11.7. The van der Waals surface area contributed by atoms with Crippen LogP contribution in [0.1, 0.15) is 38.5 Å². The van der Waals surface area contributed by atoms with E-state index in [1.54, 1.807) is 0 Å². The molecule has 3 aliphatic heterocycles. The fourth-order valence-corrected chi connectivity index (χ4v) is 3.86. The van der Waals surface area contributed by atoms with Gasteiger partial charge in [-0.3, -0.25) is 4.79 Å². The molecule has 0 saturated carbocycles. The summed E-state index contributed by atoms with van der Waals surface area (Å²) in [6.45, 7) is 6.42. The van der Waals surface area contributed by atoms with Gasteiger partial charge in [0, 0.05) is 26.2 Å². The summed E-state index contributed by atoms with van der Waals surface area (Å²) in [5.41, 5.74) is 5.61. The fraction of sp³-hybridized carbons (Fsp3) is 0.941. The maximum Gasteiger partial charge on any atom is 0.251 e. The average molecular weight is 398 g/mol. The number of rotatable bonds is 6. The van der Waals surface area contributed by atoms with Crippen LogP contribution in [0.5, 0.6) is 0 Å². The van der Waals surface area contributed by atoms with Crippen LogP contribution in [0.3, 0.4) is 0 Å². The van der Waals surface area contributed by atoms with Crippen molar-refractivity contribution in [2.45, 2.75) is 56.8 Å². The van der Waals surface area contributed by atoms with Crippen LogP contribution in [0, 0.1) is 0 Å². The van der Waals surface area contributed by atoms with Crippen molar-refractivity contribution < 1.29 is 14.3 Å². The second-order valence-electron chi connectivity index (χ2n) is 7.00. The SMILES string of the molecule is Cl.Cl.NC[C@H]1CC[C@@H](C(=O)N2CCC(OCCN3CCCC3)CC2)O1. The number of carbonyl (C=O) groups is 1. The van der Waals surface area contributed by atoms with Crippen LogP contribution < -0.4 is 5.73 Å². The number of ether oxygens (including phenoxy) is 2. The van der Waals surface area contributed by atoms with E-state index < -0.39 is 0 Å². The number of likely N-dealkylation sites (tertiary alicyclic amines) is 2. The predicted octanol–water partition coefficient (Wildman–Crippen LogP) is 1.44. The molecule has 0 aliphatic carbocycles. The first-order chi connectivity index (χ1) is 11.3. The number of piperidine rings is 1. The number of nitrogens with zero attached hydrogens (tertiary/aromatic N) is 2. The van der Waals surface area contributed by atoms with Crippen molar-refractivity contribution in [3.05, 3.63) is 0 Å². The highest BCUT2D eigenvalue weighted by molar-refractivity contribution is 5.85. The number of amides is 1. The zero-order chi connectivity index (χ0) is 16.1. The third-order valence-electron chi connectivity index (χ3n) is 5.36. The van der Waals surface area contributed by atoms with E-state index in [2.05, 4.69) is 4.90 Å². The zero-order valence-corrected chi connectivity index (χ0v) is 16.6. The maximum absolute atomic E-state index is 12.5.